The molecule has 0 amide bonds. The number of halogens is 1. The first-order chi connectivity index (χ1) is 17.0. The van der Waals surface area contributed by atoms with Crippen molar-refractivity contribution >= 4 is 56.8 Å². The molecule has 1 fully saturated rings. The molecule has 2 aliphatic rings. The second-order valence-corrected chi connectivity index (χ2v) is 10.8. The van der Waals surface area contributed by atoms with E-state index in [2.05, 4.69) is 46.1 Å². The first kappa shape index (κ1) is 26.4. The van der Waals surface area contributed by atoms with Gasteiger partial charge in [0.1, 0.15) is 23.5 Å². The number of aromatic nitrogens is 4. The molecule has 35 heavy (non-hydrogen) atoms. The highest BCUT2D eigenvalue weighted by molar-refractivity contribution is 14.2. The summed E-state index contributed by atoms with van der Waals surface area (Å²) in [5.74, 6) is -1.02. The highest BCUT2D eigenvalue weighted by Crippen LogP contribution is 2.39. The van der Waals surface area contributed by atoms with Crippen LogP contribution in [0.5, 0.6) is 5.88 Å². The number of rotatable bonds is 11. The van der Waals surface area contributed by atoms with E-state index in [9.17, 15) is 10.0 Å². The van der Waals surface area contributed by atoms with Crippen molar-refractivity contribution in [3.8, 4) is 5.88 Å². The molecule has 0 aliphatic carbocycles. The number of Topliss-reactive ketones (excluding diaryl/α,β-unsaturated/α-hetero) is 1. The maximum Gasteiger partial charge on any atom is 0.246 e. The van der Waals surface area contributed by atoms with Gasteiger partial charge in [0.25, 0.3) is 0 Å². The molecule has 0 aromatic carbocycles. The van der Waals surface area contributed by atoms with Gasteiger partial charge in [-0.15, -0.1) is 5.10 Å². The van der Waals surface area contributed by atoms with E-state index in [0.29, 0.717) is 61.9 Å². The third-order valence-corrected chi connectivity index (χ3v) is 8.24. The number of ketones is 1. The van der Waals surface area contributed by atoms with Crippen molar-refractivity contribution in [3.05, 3.63) is 5.82 Å². The van der Waals surface area contributed by atoms with Crippen molar-refractivity contribution in [1.82, 2.24) is 19.5 Å². The average Bonchev–Trinajstić information content (AvgIpc) is 3.46. The highest BCUT2D eigenvalue weighted by Gasteiger charge is 2.48. The Kier molecular flexibility index (Phi) is 8.77. The number of carbonyl (C=O) groups excluding carboxylic acids is 1. The first-order valence-electron chi connectivity index (χ1n) is 12.1. The molecular weight excluding hydrogens is 586 g/mol. The molecule has 192 valence electrons. The van der Waals surface area contributed by atoms with Gasteiger partial charge >= 0.3 is 0 Å². The second kappa shape index (κ2) is 11.6. The van der Waals surface area contributed by atoms with Crippen LogP contribution in [0.25, 0.3) is 11.0 Å². The zero-order valence-electron chi connectivity index (χ0n) is 20.3. The molecular formula is C22H32IN6O5P. The molecule has 2 aliphatic heterocycles. The quantitative estimate of drug-likeness (QED) is 0.131. The number of unbranched alkanes of at least 4 members (excludes halogenated alkanes) is 2. The van der Waals surface area contributed by atoms with E-state index >= 15 is 0 Å². The predicted octanol–water partition coefficient (Wildman–Crippen LogP) is 3.93. The van der Waals surface area contributed by atoms with Crippen molar-refractivity contribution in [2.75, 3.05) is 38.3 Å². The third kappa shape index (κ3) is 5.12. The topological polar surface area (TPSA) is 124 Å². The van der Waals surface area contributed by atoms with Crippen LogP contribution in [0.4, 0.5) is 5.82 Å². The number of oxime groups is 1. The molecule has 1 N–H and O–H groups in total. The summed E-state index contributed by atoms with van der Waals surface area (Å²) in [6.45, 7) is 5.91. The smallest absolute Gasteiger partial charge is 0.246 e. The van der Waals surface area contributed by atoms with Crippen molar-refractivity contribution in [2.24, 2.45) is 11.1 Å². The lowest BCUT2D eigenvalue weighted by molar-refractivity contribution is -0.185. The summed E-state index contributed by atoms with van der Waals surface area (Å²) in [4.78, 5) is 25.5. The maximum atomic E-state index is 14.0. The number of likely N-dealkylation sites (N-methyl/N-ethyl adjacent to an activating group) is 1. The molecule has 4 heterocycles. The van der Waals surface area contributed by atoms with E-state index in [-0.39, 0.29) is 23.7 Å². The molecule has 4 rings (SSSR count). The van der Waals surface area contributed by atoms with Gasteiger partial charge in [-0.2, -0.15) is 0 Å². The zero-order valence-corrected chi connectivity index (χ0v) is 23.4. The van der Waals surface area contributed by atoms with Gasteiger partial charge in [0.15, 0.2) is 11.5 Å². The van der Waals surface area contributed by atoms with E-state index in [0.717, 1.165) is 25.7 Å². The van der Waals surface area contributed by atoms with E-state index < -0.39 is 11.7 Å². The van der Waals surface area contributed by atoms with Crippen LogP contribution in [-0.2, 0) is 14.3 Å². The lowest BCUT2D eigenvalue weighted by Crippen LogP contribution is -2.46. The van der Waals surface area contributed by atoms with E-state index in [1.807, 2.05) is 11.9 Å². The molecule has 2 aromatic rings. The lowest BCUT2D eigenvalue weighted by atomic mass is 9.85. The first-order valence-corrected chi connectivity index (χ1v) is 16.1. The lowest BCUT2D eigenvalue weighted by Gasteiger charge is -2.30. The monoisotopic (exact) mass is 618 g/mol. The van der Waals surface area contributed by atoms with Crippen LogP contribution in [-0.4, -0.2) is 75.4 Å². The fourth-order valence-corrected chi connectivity index (χ4v) is 5.90. The molecule has 0 spiro atoms. The standard InChI is InChI=1S/C22H32IN6O5P/c1-4-6-8-14(17(30)22(9-7-5-2)33-12-13-34-22)16(27-31)18-24-19-15-20(25-18)29(35-23)26-21(15)32-11-10-28(19)3/h14,31,35H,4-13H2,1-3H3/b27-16-. The Morgan fingerprint density at radius 3 is 2.63 bits per heavy atom. The van der Waals surface area contributed by atoms with Crippen LogP contribution in [0.15, 0.2) is 5.16 Å². The van der Waals surface area contributed by atoms with Gasteiger partial charge < -0.3 is 24.3 Å². The van der Waals surface area contributed by atoms with E-state index in [4.69, 9.17) is 24.2 Å². The molecule has 13 heteroatoms. The molecule has 1 saturated heterocycles. The SMILES string of the molecule is CCCCC(C(=O)C1(CCCC)OCCO1)/C(=N/O)c1nc2c3c(nn(PI)c3n1)OCCN2C. The van der Waals surface area contributed by atoms with E-state index in [1.54, 1.807) is 4.45 Å². The van der Waals surface area contributed by atoms with Crippen LogP contribution in [0.1, 0.15) is 58.2 Å². The van der Waals surface area contributed by atoms with Crippen molar-refractivity contribution in [2.45, 2.75) is 58.2 Å². The second-order valence-electron chi connectivity index (χ2n) is 8.74. The number of anilines is 1. The Hall–Kier alpha value is -1.63. The molecule has 0 radical (unpaired) electrons. The Labute approximate surface area is 219 Å². The molecule has 2 aromatic heterocycles. The summed E-state index contributed by atoms with van der Waals surface area (Å²) in [6.07, 6.45) is 4.55. The number of hydrogen-bond donors (Lipinski definition) is 1. The molecule has 0 saturated carbocycles. The Bertz CT molecular complexity index is 1090. The number of carbonyl (C=O) groups is 1. The normalized spacial score (nSPS) is 18.9. The minimum absolute atomic E-state index is 0.126. The number of nitrogens with zero attached hydrogens (tertiary/aromatic N) is 6. The van der Waals surface area contributed by atoms with Crippen molar-refractivity contribution in [1.29, 1.82) is 0 Å². The van der Waals surface area contributed by atoms with Gasteiger partial charge in [-0.3, -0.25) is 4.79 Å². The van der Waals surface area contributed by atoms with E-state index in [1.165, 1.54) is 0 Å². The molecule has 0 bridgehead atoms. The van der Waals surface area contributed by atoms with Gasteiger partial charge in [0.05, 0.1) is 32.1 Å². The van der Waals surface area contributed by atoms with Gasteiger partial charge in [0, 0.05) is 13.5 Å². The fraction of sp³-hybridized carbons (Fsp3) is 0.682. The molecule has 11 nitrogen and oxygen atoms in total. The third-order valence-electron chi connectivity index (χ3n) is 6.40. The largest absolute Gasteiger partial charge is 0.474 e. The minimum atomic E-state index is -1.33. The Morgan fingerprint density at radius 1 is 1.23 bits per heavy atom. The van der Waals surface area contributed by atoms with Crippen LogP contribution in [0.2, 0.25) is 0 Å². The summed E-state index contributed by atoms with van der Waals surface area (Å²) in [5, 5.41) is 19.1. The van der Waals surface area contributed by atoms with Gasteiger partial charge in [0.2, 0.25) is 17.5 Å². The Morgan fingerprint density at radius 2 is 1.97 bits per heavy atom. The van der Waals surface area contributed by atoms with Crippen LogP contribution in [0.3, 0.4) is 0 Å². The number of hydrogen-bond acceptors (Lipinski definition) is 10. The van der Waals surface area contributed by atoms with Crippen LogP contribution < -0.4 is 9.64 Å². The van der Waals surface area contributed by atoms with Gasteiger partial charge in [-0.05, 0) is 34.9 Å². The summed E-state index contributed by atoms with van der Waals surface area (Å²) >= 11 is 2.23. The number of ether oxygens (including phenoxy) is 3. The highest BCUT2D eigenvalue weighted by atomic mass is 127. The van der Waals surface area contributed by atoms with Gasteiger partial charge in [-0.1, -0.05) is 38.3 Å². The van der Waals surface area contributed by atoms with Crippen molar-refractivity contribution < 1.29 is 24.2 Å². The summed E-state index contributed by atoms with van der Waals surface area (Å²) in [5.41, 5.74) is 0.708. The summed E-state index contributed by atoms with van der Waals surface area (Å²) in [6, 6.07) is 0. The zero-order chi connectivity index (χ0) is 25.0. The average molecular weight is 618 g/mol. The molecule has 2 unspecified atom stereocenters. The van der Waals surface area contributed by atoms with Crippen LogP contribution in [0, 0.1) is 5.92 Å². The fourth-order valence-electron chi connectivity index (χ4n) is 4.52. The predicted molar refractivity (Wildman–Crippen MR) is 142 cm³/mol. The maximum absolute atomic E-state index is 14.0. The molecule has 2 atom stereocenters. The van der Waals surface area contributed by atoms with Crippen molar-refractivity contribution in [3.63, 3.8) is 0 Å². The van der Waals surface area contributed by atoms with Crippen LogP contribution >= 0.6 is 28.4 Å². The summed E-state index contributed by atoms with van der Waals surface area (Å²) < 4.78 is 19.4. The van der Waals surface area contributed by atoms with Gasteiger partial charge in [-0.25, -0.2) is 14.4 Å². The Balaban J connectivity index is 1.81. The minimum Gasteiger partial charge on any atom is -0.474 e. The summed E-state index contributed by atoms with van der Waals surface area (Å²) in [7, 11) is 1.92.